The monoisotopic (exact) mass is 301 g/mol. The average Bonchev–Trinajstić information content (AvgIpc) is 3.09. The molecule has 0 amide bonds. The van der Waals surface area contributed by atoms with Gasteiger partial charge >= 0.3 is 0 Å². The third kappa shape index (κ3) is 2.31. The number of fused-ring (bicyclic) bond motifs is 1. The lowest BCUT2D eigenvalue weighted by molar-refractivity contribution is 0.179. The molecule has 0 radical (unpaired) electrons. The van der Waals surface area contributed by atoms with E-state index in [4.69, 9.17) is 21.6 Å². The Balaban J connectivity index is 1.64. The van der Waals surface area contributed by atoms with Crippen LogP contribution in [0.3, 0.4) is 0 Å². The molecule has 2 atom stereocenters. The number of rotatable bonds is 2. The van der Waals surface area contributed by atoms with Gasteiger partial charge in [-0.3, -0.25) is 0 Å². The maximum absolute atomic E-state index is 9.09. The summed E-state index contributed by atoms with van der Waals surface area (Å²) < 4.78 is 7.77. The maximum Gasteiger partial charge on any atom is 0.107 e. The summed E-state index contributed by atoms with van der Waals surface area (Å²) in [7, 11) is 0. The van der Waals surface area contributed by atoms with Gasteiger partial charge in [0.2, 0.25) is 0 Å². The second-order valence-electron chi connectivity index (χ2n) is 6.27. The standard InChI is InChI=1S/C16H16ClN3O/c17-13-4-12(7-18)5-14-15(13)19-10-20(14)8-11-2-1-3-16(6-11)9-21-16/h4-5,10-11H,1-3,6,8-9H2/t11-,16-/m0/s1. The van der Waals surface area contributed by atoms with Gasteiger partial charge in [-0.15, -0.1) is 0 Å². The molecule has 2 fully saturated rings. The van der Waals surface area contributed by atoms with E-state index < -0.39 is 0 Å². The number of hydrogen-bond acceptors (Lipinski definition) is 3. The molecule has 1 saturated heterocycles. The molecule has 4 nitrogen and oxygen atoms in total. The summed E-state index contributed by atoms with van der Waals surface area (Å²) in [6.45, 7) is 1.85. The van der Waals surface area contributed by atoms with Crippen molar-refractivity contribution in [3.63, 3.8) is 0 Å². The molecule has 1 aliphatic carbocycles. The van der Waals surface area contributed by atoms with Crippen LogP contribution >= 0.6 is 11.6 Å². The first-order chi connectivity index (χ1) is 10.2. The molecule has 2 heterocycles. The minimum Gasteiger partial charge on any atom is -0.370 e. The summed E-state index contributed by atoms with van der Waals surface area (Å²) in [6.07, 6.45) is 6.65. The van der Waals surface area contributed by atoms with Crippen molar-refractivity contribution in [1.29, 1.82) is 5.26 Å². The van der Waals surface area contributed by atoms with E-state index >= 15 is 0 Å². The van der Waals surface area contributed by atoms with E-state index in [-0.39, 0.29) is 5.60 Å². The van der Waals surface area contributed by atoms with Gasteiger partial charge in [0.25, 0.3) is 0 Å². The summed E-state index contributed by atoms with van der Waals surface area (Å²) >= 11 is 6.21. The summed E-state index contributed by atoms with van der Waals surface area (Å²) in [5.74, 6) is 0.614. The Morgan fingerprint density at radius 2 is 2.38 bits per heavy atom. The van der Waals surface area contributed by atoms with Gasteiger partial charge in [0.1, 0.15) is 5.52 Å². The zero-order chi connectivity index (χ0) is 14.4. The molecule has 2 aliphatic rings. The molecular formula is C16H16ClN3O. The fourth-order valence-corrected chi connectivity index (χ4v) is 3.84. The van der Waals surface area contributed by atoms with Gasteiger partial charge in [0, 0.05) is 6.54 Å². The SMILES string of the molecule is N#Cc1cc(Cl)c2ncn(C[C@H]3CCC[C@@]4(CO4)C3)c2c1. The number of aromatic nitrogens is 2. The van der Waals surface area contributed by atoms with E-state index in [1.807, 2.05) is 12.4 Å². The fourth-order valence-electron chi connectivity index (χ4n) is 3.57. The van der Waals surface area contributed by atoms with Crippen LogP contribution in [-0.2, 0) is 11.3 Å². The number of benzene rings is 1. The first kappa shape index (κ1) is 13.1. The molecular weight excluding hydrogens is 286 g/mol. The highest BCUT2D eigenvalue weighted by atomic mass is 35.5. The molecule has 1 aromatic heterocycles. The molecule has 2 aromatic rings. The van der Waals surface area contributed by atoms with Crippen LogP contribution in [0.2, 0.25) is 5.02 Å². The lowest BCUT2D eigenvalue weighted by atomic mass is 9.81. The van der Waals surface area contributed by atoms with Gasteiger partial charge in [0.05, 0.1) is 40.7 Å². The molecule has 5 heteroatoms. The molecule has 1 aromatic carbocycles. The number of ether oxygens (including phenoxy) is 1. The van der Waals surface area contributed by atoms with Gasteiger partial charge in [0.15, 0.2) is 0 Å². The Hall–Kier alpha value is -1.57. The largest absolute Gasteiger partial charge is 0.370 e. The number of nitrogens with zero attached hydrogens (tertiary/aromatic N) is 3. The Kier molecular flexibility index (Phi) is 2.95. The van der Waals surface area contributed by atoms with Crippen molar-refractivity contribution in [2.24, 2.45) is 5.92 Å². The third-order valence-corrected chi connectivity index (χ3v) is 5.01. The van der Waals surface area contributed by atoms with E-state index in [1.165, 1.54) is 19.3 Å². The summed E-state index contributed by atoms with van der Waals surface area (Å²) in [6, 6.07) is 5.71. The van der Waals surface area contributed by atoms with Gasteiger partial charge in [-0.2, -0.15) is 5.26 Å². The van der Waals surface area contributed by atoms with Crippen LogP contribution in [0.4, 0.5) is 0 Å². The molecule has 21 heavy (non-hydrogen) atoms. The molecule has 0 bridgehead atoms. The molecule has 108 valence electrons. The van der Waals surface area contributed by atoms with E-state index in [0.29, 0.717) is 16.5 Å². The normalized spacial score (nSPS) is 27.9. The van der Waals surface area contributed by atoms with E-state index in [2.05, 4.69) is 15.6 Å². The summed E-state index contributed by atoms with van der Waals surface area (Å²) in [5, 5.41) is 9.64. The topological polar surface area (TPSA) is 54.1 Å². The van der Waals surface area contributed by atoms with Crippen LogP contribution in [0.25, 0.3) is 11.0 Å². The van der Waals surface area contributed by atoms with Crippen molar-refractivity contribution in [2.45, 2.75) is 37.8 Å². The van der Waals surface area contributed by atoms with Crippen molar-refractivity contribution < 1.29 is 4.74 Å². The summed E-state index contributed by atoms with van der Waals surface area (Å²) in [5.41, 5.74) is 2.51. The maximum atomic E-state index is 9.09. The molecule has 0 N–H and O–H groups in total. The molecule has 1 saturated carbocycles. The van der Waals surface area contributed by atoms with Gasteiger partial charge in [-0.25, -0.2) is 4.98 Å². The van der Waals surface area contributed by atoms with Crippen LogP contribution in [0, 0.1) is 17.2 Å². The van der Waals surface area contributed by atoms with Crippen molar-refractivity contribution in [3.05, 3.63) is 29.0 Å². The molecule has 4 rings (SSSR count). The van der Waals surface area contributed by atoms with Crippen LogP contribution in [0.5, 0.6) is 0 Å². The zero-order valence-electron chi connectivity index (χ0n) is 11.7. The fraction of sp³-hybridized carbons (Fsp3) is 0.500. The first-order valence-electron chi connectivity index (χ1n) is 7.38. The third-order valence-electron chi connectivity index (χ3n) is 4.72. The zero-order valence-corrected chi connectivity index (χ0v) is 12.4. The van der Waals surface area contributed by atoms with Gasteiger partial charge in [-0.1, -0.05) is 18.0 Å². The van der Waals surface area contributed by atoms with Crippen LogP contribution in [-0.4, -0.2) is 21.8 Å². The molecule has 0 unspecified atom stereocenters. The quantitative estimate of drug-likeness (QED) is 0.797. The minimum absolute atomic E-state index is 0.189. The van der Waals surface area contributed by atoms with E-state index in [0.717, 1.165) is 30.6 Å². The van der Waals surface area contributed by atoms with Crippen LogP contribution in [0.15, 0.2) is 18.5 Å². The molecule has 1 spiro atoms. The molecule has 1 aliphatic heterocycles. The number of imidazole rings is 1. The Morgan fingerprint density at radius 1 is 1.52 bits per heavy atom. The Morgan fingerprint density at radius 3 is 3.14 bits per heavy atom. The average molecular weight is 302 g/mol. The predicted molar refractivity (Wildman–Crippen MR) is 80.1 cm³/mol. The van der Waals surface area contributed by atoms with Gasteiger partial charge < -0.3 is 9.30 Å². The summed E-state index contributed by atoms with van der Waals surface area (Å²) in [4.78, 5) is 4.40. The number of hydrogen-bond donors (Lipinski definition) is 0. The Labute approximate surface area is 128 Å². The van der Waals surface area contributed by atoms with E-state index in [9.17, 15) is 0 Å². The lowest BCUT2D eigenvalue weighted by Gasteiger charge is -2.27. The van der Waals surface area contributed by atoms with Crippen molar-refractivity contribution in [3.8, 4) is 6.07 Å². The highest BCUT2D eigenvalue weighted by Crippen LogP contribution is 2.44. The lowest BCUT2D eigenvalue weighted by Crippen LogP contribution is -2.25. The second kappa shape index (κ2) is 4.72. The van der Waals surface area contributed by atoms with Gasteiger partial charge in [-0.05, 0) is 37.3 Å². The number of halogens is 1. The van der Waals surface area contributed by atoms with Crippen molar-refractivity contribution in [1.82, 2.24) is 9.55 Å². The number of epoxide rings is 1. The van der Waals surface area contributed by atoms with Crippen molar-refractivity contribution in [2.75, 3.05) is 6.61 Å². The smallest absolute Gasteiger partial charge is 0.107 e. The Bertz CT molecular complexity index is 742. The highest BCUT2D eigenvalue weighted by molar-refractivity contribution is 6.35. The highest BCUT2D eigenvalue weighted by Gasteiger charge is 2.47. The number of nitriles is 1. The first-order valence-corrected chi connectivity index (χ1v) is 7.75. The van der Waals surface area contributed by atoms with E-state index in [1.54, 1.807) is 6.07 Å². The van der Waals surface area contributed by atoms with Crippen LogP contribution in [0.1, 0.15) is 31.2 Å². The second-order valence-corrected chi connectivity index (χ2v) is 6.68. The predicted octanol–water partition coefficient (Wildman–Crippen LogP) is 3.52. The minimum atomic E-state index is 0.189. The van der Waals surface area contributed by atoms with Crippen molar-refractivity contribution >= 4 is 22.6 Å². The van der Waals surface area contributed by atoms with Crippen LogP contribution < -0.4 is 0 Å².